The predicted octanol–water partition coefficient (Wildman–Crippen LogP) is 3.68. The highest BCUT2D eigenvalue weighted by molar-refractivity contribution is 7.13. The SMILES string of the molecule is CCO.COCn1cc(-c2nc(C(=O)N/C(C=NC3CCCCC3)=C(/N)c3nc(F)ccc3F)cs2)cn1.O=CC1CCCN1. The van der Waals surface area contributed by atoms with Crippen LogP contribution >= 0.6 is 11.3 Å². The van der Waals surface area contributed by atoms with E-state index in [1.165, 1.54) is 17.6 Å². The minimum Gasteiger partial charge on any atom is -0.397 e. The first-order valence-corrected chi connectivity index (χ1v) is 15.6. The van der Waals surface area contributed by atoms with E-state index in [1.807, 2.05) is 0 Å². The van der Waals surface area contributed by atoms with Gasteiger partial charge < -0.3 is 31.0 Å². The molecule has 1 aliphatic heterocycles. The molecule has 0 bridgehead atoms. The number of thiazole rings is 1. The summed E-state index contributed by atoms with van der Waals surface area (Å²) in [5, 5.41) is 19.6. The van der Waals surface area contributed by atoms with Crippen molar-refractivity contribution in [2.75, 3.05) is 20.3 Å². The smallest absolute Gasteiger partial charge is 0.275 e. The first kappa shape index (κ1) is 35.6. The van der Waals surface area contributed by atoms with E-state index in [-0.39, 0.29) is 42.5 Å². The topological polar surface area (TPSA) is 170 Å². The van der Waals surface area contributed by atoms with E-state index in [0.29, 0.717) is 5.01 Å². The van der Waals surface area contributed by atoms with Crippen molar-refractivity contribution in [1.82, 2.24) is 30.4 Å². The molecule has 3 aromatic heterocycles. The molecule has 1 amide bonds. The molecule has 45 heavy (non-hydrogen) atoms. The second kappa shape index (κ2) is 18.8. The standard InChI is InChI=1S/C23H25F2N7O2S.C5H9NO.C2H6O/c1-34-13-32-11-14(9-28-32)23-30-18(12-35-23)22(33)29-17(10-27-15-5-3-2-4-6-15)20(26)21-16(24)7-8-19(25)31-21;7-4-5-2-1-3-6-5;1-2-3/h7-12,15H,2-6,13,26H2,1H3,(H,29,33);4-6H,1-3H2;3H,2H2,1H3/b20-17+,27-10?;;. The van der Waals surface area contributed by atoms with Gasteiger partial charge in [-0.3, -0.25) is 9.79 Å². The van der Waals surface area contributed by atoms with Gasteiger partial charge in [0, 0.05) is 37.1 Å². The largest absolute Gasteiger partial charge is 0.397 e. The maximum atomic E-state index is 14.4. The van der Waals surface area contributed by atoms with Crippen molar-refractivity contribution in [1.29, 1.82) is 0 Å². The molecule has 0 aromatic carbocycles. The first-order valence-electron chi connectivity index (χ1n) is 14.7. The quantitative estimate of drug-likeness (QED) is 0.154. The molecule has 2 fully saturated rings. The number of halogens is 2. The third kappa shape index (κ3) is 11.2. The Morgan fingerprint density at radius 1 is 1.24 bits per heavy atom. The number of amides is 1. The van der Waals surface area contributed by atoms with E-state index in [9.17, 15) is 18.4 Å². The number of aliphatic hydroxyl groups excluding tert-OH is 1. The Kier molecular flexibility index (Phi) is 14.8. The summed E-state index contributed by atoms with van der Waals surface area (Å²) in [6, 6.07) is 2.06. The summed E-state index contributed by atoms with van der Waals surface area (Å²) in [6.07, 6.45) is 13.0. The Morgan fingerprint density at radius 2 is 2.00 bits per heavy atom. The molecular formula is C30H40F2N8O4S. The lowest BCUT2D eigenvalue weighted by molar-refractivity contribution is -0.109. The number of hydrogen-bond donors (Lipinski definition) is 4. The second-order valence-corrected chi connectivity index (χ2v) is 11.1. The number of methoxy groups -OCH3 is 1. The summed E-state index contributed by atoms with van der Waals surface area (Å²) in [5.74, 6) is -2.27. The number of rotatable bonds is 9. The molecule has 0 spiro atoms. The van der Waals surface area contributed by atoms with Crippen molar-refractivity contribution < 1.29 is 28.2 Å². The Hall–Kier alpha value is -3.92. The third-order valence-corrected chi connectivity index (χ3v) is 7.63. The number of pyridine rings is 1. The van der Waals surface area contributed by atoms with Crippen molar-refractivity contribution in [3.05, 3.63) is 58.8 Å². The van der Waals surface area contributed by atoms with Gasteiger partial charge in [0.15, 0.2) is 5.82 Å². The van der Waals surface area contributed by atoms with Crippen LogP contribution in [0.15, 0.2) is 40.6 Å². The van der Waals surface area contributed by atoms with Gasteiger partial charge in [0.25, 0.3) is 5.91 Å². The number of carbonyl (C=O) groups excluding carboxylic acids is 2. The molecule has 12 nitrogen and oxygen atoms in total. The Bertz CT molecular complexity index is 1430. The molecule has 15 heteroatoms. The van der Waals surface area contributed by atoms with Crippen LogP contribution in [0.1, 0.15) is 68.1 Å². The van der Waals surface area contributed by atoms with Crippen LogP contribution in [0.2, 0.25) is 0 Å². The van der Waals surface area contributed by atoms with E-state index in [1.54, 1.807) is 36.5 Å². The molecular weight excluding hydrogens is 606 g/mol. The summed E-state index contributed by atoms with van der Waals surface area (Å²) in [4.78, 5) is 35.4. The highest BCUT2D eigenvalue weighted by atomic mass is 32.1. The molecule has 0 radical (unpaired) electrons. The number of aliphatic hydroxyl groups is 1. The zero-order valence-electron chi connectivity index (χ0n) is 25.4. The molecule has 1 aliphatic carbocycles. The number of nitrogens with two attached hydrogens (primary N) is 1. The molecule has 244 valence electrons. The summed E-state index contributed by atoms with van der Waals surface area (Å²) in [6.45, 7) is 3.24. The lowest BCUT2D eigenvalue weighted by Gasteiger charge is -2.18. The average molecular weight is 647 g/mol. The van der Waals surface area contributed by atoms with Crippen LogP contribution in [0.3, 0.4) is 0 Å². The maximum absolute atomic E-state index is 14.4. The Balaban J connectivity index is 0.000000474. The minimum atomic E-state index is -0.891. The maximum Gasteiger partial charge on any atom is 0.275 e. The third-order valence-electron chi connectivity index (χ3n) is 6.74. The van der Waals surface area contributed by atoms with Crippen molar-refractivity contribution in [2.24, 2.45) is 10.7 Å². The molecule has 4 heterocycles. The van der Waals surface area contributed by atoms with Crippen molar-refractivity contribution in [2.45, 2.75) is 70.7 Å². The molecule has 2 aliphatic rings. The molecule has 1 unspecified atom stereocenters. The van der Waals surface area contributed by atoms with Gasteiger partial charge in [0.05, 0.1) is 29.7 Å². The van der Waals surface area contributed by atoms with Crippen LogP contribution in [-0.2, 0) is 16.3 Å². The van der Waals surface area contributed by atoms with Crippen LogP contribution in [-0.4, -0.2) is 75.6 Å². The number of aromatic nitrogens is 4. The number of carbonyl (C=O) groups is 2. The van der Waals surface area contributed by atoms with E-state index >= 15 is 0 Å². The monoisotopic (exact) mass is 646 g/mol. The number of aldehydes is 1. The lowest BCUT2D eigenvalue weighted by atomic mass is 9.96. The van der Waals surface area contributed by atoms with E-state index in [0.717, 1.165) is 75.5 Å². The average Bonchev–Trinajstić information content (AvgIpc) is 3.84. The van der Waals surface area contributed by atoms with Gasteiger partial charge in [-0.05, 0) is 51.3 Å². The lowest BCUT2D eigenvalue weighted by Crippen LogP contribution is -2.27. The Morgan fingerprint density at radius 3 is 2.64 bits per heavy atom. The number of hydrogen-bond acceptors (Lipinski definition) is 11. The van der Waals surface area contributed by atoms with Gasteiger partial charge in [0.2, 0.25) is 5.95 Å². The summed E-state index contributed by atoms with van der Waals surface area (Å²) in [7, 11) is 1.56. The van der Waals surface area contributed by atoms with E-state index in [4.69, 9.17) is 15.6 Å². The normalized spacial score (nSPS) is 17.1. The van der Waals surface area contributed by atoms with Gasteiger partial charge in [-0.1, -0.05) is 19.3 Å². The molecule has 3 aromatic rings. The number of allylic oxidation sites excluding steroid dienone is 1. The molecule has 1 atom stereocenters. The number of ether oxygens (including phenoxy) is 1. The fourth-order valence-corrected chi connectivity index (χ4v) is 5.29. The van der Waals surface area contributed by atoms with Gasteiger partial charge in [0.1, 0.15) is 29.4 Å². The van der Waals surface area contributed by atoms with Gasteiger partial charge in [-0.15, -0.1) is 11.3 Å². The van der Waals surface area contributed by atoms with Crippen molar-refractivity contribution in [3.63, 3.8) is 0 Å². The minimum absolute atomic E-state index is 0.0278. The fraction of sp³-hybridized carbons (Fsp3) is 0.467. The number of aliphatic imine (C=N–C) groups is 1. The first-order chi connectivity index (χ1) is 21.8. The summed E-state index contributed by atoms with van der Waals surface area (Å²) >= 11 is 1.27. The highest BCUT2D eigenvalue weighted by Crippen LogP contribution is 2.24. The van der Waals surface area contributed by atoms with Gasteiger partial charge in [-0.2, -0.15) is 9.49 Å². The van der Waals surface area contributed by atoms with Crippen molar-refractivity contribution >= 4 is 35.4 Å². The Labute approximate surface area is 264 Å². The van der Waals surface area contributed by atoms with E-state index in [2.05, 4.69) is 30.7 Å². The second-order valence-electron chi connectivity index (χ2n) is 10.2. The zero-order chi connectivity index (χ0) is 32.6. The number of nitrogens with one attached hydrogen (secondary N) is 2. The molecule has 1 saturated carbocycles. The van der Waals surface area contributed by atoms with E-state index < -0.39 is 23.4 Å². The summed E-state index contributed by atoms with van der Waals surface area (Å²) < 4.78 is 34.7. The molecule has 1 saturated heterocycles. The molecule has 5 N–H and O–H groups in total. The van der Waals surface area contributed by atoms with Crippen LogP contribution in [0, 0.1) is 11.8 Å². The van der Waals surface area contributed by atoms with Crippen molar-refractivity contribution in [3.8, 4) is 10.6 Å². The van der Waals surface area contributed by atoms with Crippen LogP contribution < -0.4 is 16.4 Å². The van der Waals surface area contributed by atoms with Crippen LogP contribution in [0.4, 0.5) is 8.78 Å². The number of nitrogens with zero attached hydrogens (tertiary/aromatic N) is 5. The fourth-order valence-electron chi connectivity index (χ4n) is 4.52. The summed E-state index contributed by atoms with van der Waals surface area (Å²) in [5.41, 5.74) is 6.40. The molecule has 5 rings (SSSR count). The predicted molar refractivity (Wildman–Crippen MR) is 168 cm³/mol. The van der Waals surface area contributed by atoms with Crippen LogP contribution in [0.25, 0.3) is 16.3 Å². The zero-order valence-corrected chi connectivity index (χ0v) is 26.2. The highest BCUT2D eigenvalue weighted by Gasteiger charge is 2.19. The van der Waals surface area contributed by atoms with Gasteiger partial charge in [-0.25, -0.2) is 19.0 Å². The van der Waals surface area contributed by atoms with Crippen LogP contribution in [0.5, 0.6) is 0 Å². The van der Waals surface area contributed by atoms with Gasteiger partial charge >= 0.3 is 0 Å².